The molecule has 4 nitrogen and oxygen atoms in total. The number of para-hydroxylation sites is 1. The lowest BCUT2D eigenvalue weighted by Gasteiger charge is -2.14. The Morgan fingerprint density at radius 2 is 2.12 bits per heavy atom. The summed E-state index contributed by atoms with van der Waals surface area (Å²) < 4.78 is 4.92. The average molecular weight is 236 g/mol. The molecule has 0 aliphatic rings. The number of rotatable bonds is 6. The highest BCUT2D eigenvalue weighted by atomic mass is 16.5. The highest BCUT2D eigenvalue weighted by molar-refractivity contribution is 5.95. The molecule has 1 rings (SSSR count). The zero-order chi connectivity index (χ0) is 12.7. The summed E-state index contributed by atoms with van der Waals surface area (Å²) in [5.41, 5.74) is 1.92. The fourth-order valence-electron chi connectivity index (χ4n) is 1.42. The molecule has 0 fully saturated rings. The largest absolute Gasteiger partial charge is 0.383 e. The van der Waals surface area contributed by atoms with Gasteiger partial charge in [-0.2, -0.15) is 0 Å². The van der Waals surface area contributed by atoms with Gasteiger partial charge in [-0.25, -0.2) is 0 Å². The Bertz CT molecular complexity index is 366. The Morgan fingerprint density at radius 3 is 2.76 bits per heavy atom. The van der Waals surface area contributed by atoms with Crippen LogP contribution in [0.2, 0.25) is 0 Å². The van der Waals surface area contributed by atoms with Crippen LogP contribution in [0.5, 0.6) is 0 Å². The average Bonchev–Trinajstić information content (AvgIpc) is 2.32. The maximum atomic E-state index is 11.8. The van der Waals surface area contributed by atoms with Crippen LogP contribution >= 0.6 is 0 Å². The Balaban J connectivity index is 2.46. The minimum atomic E-state index is -0.232. The lowest BCUT2D eigenvalue weighted by molar-refractivity contribution is -0.117. The van der Waals surface area contributed by atoms with E-state index in [9.17, 15) is 4.79 Å². The molecular weight excluding hydrogens is 216 g/mol. The third-order valence-corrected chi connectivity index (χ3v) is 2.55. The van der Waals surface area contributed by atoms with Gasteiger partial charge in [0.05, 0.1) is 12.6 Å². The lowest BCUT2D eigenvalue weighted by Crippen LogP contribution is -2.39. The van der Waals surface area contributed by atoms with Crippen molar-refractivity contribution in [1.29, 1.82) is 0 Å². The fraction of sp³-hybridized carbons (Fsp3) is 0.462. The molecule has 17 heavy (non-hydrogen) atoms. The summed E-state index contributed by atoms with van der Waals surface area (Å²) in [6, 6.07) is 7.50. The van der Waals surface area contributed by atoms with Crippen molar-refractivity contribution >= 4 is 11.6 Å². The summed E-state index contributed by atoms with van der Waals surface area (Å²) in [6.45, 7) is 5.07. The summed E-state index contributed by atoms with van der Waals surface area (Å²) in [7, 11) is 1.64. The van der Waals surface area contributed by atoms with E-state index in [0.717, 1.165) is 11.3 Å². The second-order valence-electron chi connectivity index (χ2n) is 3.97. The van der Waals surface area contributed by atoms with E-state index in [1.54, 1.807) is 7.11 Å². The number of aryl methyl sites for hydroxylation is 1. The topological polar surface area (TPSA) is 50.4 Å². The van der Waals surface area contributed by atoms with E-state index in [1.165, 1.54) is 0 Å². The molecule has 1 amide bonds. The number of ether oxygens (including phenoxy) is 1. The molecular formula is C13H20N2O2. The number of carbonyl (C=O) groups is 1. The number of anilines is 1. The predicted molar refractivity (Wildman–Crippen MR) is 69.1 cm³/mol. The highest BCUT2D eigenvalue weighted by Crippen LogP contribution is 2.13. The number of amides is 1. The molecule has 0 aliphatic heterocycles. The predicted octanol–water partition coefficient (Wildman–Crippen LogP) is 1.56. The van der Waals surface area contributed by atoms with Gasteiger partial charge < -0.3 is 15.4 Å². The molecule has 0 saturated carbocycles. The van der Waals surface area contributed by atoms with E-state index in [2.05, 4.69) is 10.6 Å². The smallest absolute Gasteiger partial charge is 0.241 e. The SMILES string of the molecule is COCCNC(C)C(=O)Nc1ccccc1C. The number of carbonyl (C=O) groups excluding carboxylic acids is 1. The molecule has 1 aromatic rings. The molecule has 1 atom stereocenters. The second-order valence-corrected chi connectivity index (χ2v) is 3.97. The summed E-state index contributed by atoms with van der Waals surface area (Å²) in [6.07, 6.45) is 0. The van der Waals surface area contributed by atoms with Gasteiger partial charge >= 0.3 is 0 Å². The molecule has 1 unspecified atom stereocenters. The van der Waals surface area contributed by atoms with Crippen molar-refractivity contribution in [2.24, 2.45) is 0 Å². The van der Waals surface area contributed by atoms with Crippen molar-refractivity contribution in [1.82, 2.24) is 5.32 Å². The number of methoxy groups -OCH3 is 1. The first-order valence-corrected chi connectivity index (χ1v) is 5.74. The van der Waals surface area contributed by atoms with E-state index in [0.29, 0.717) is 13.2 Å². The summed E-state index contributed by atoms with van der Waals surface area (Å²) in [5.74, 6) is -0.0320. The molecule has 94 valence electrons. The van der Waals surface area contributed by atoms with E-state index < -0.39 is 0 Å². The zero-order valence-corrected chi connectivity index (χ0v) is 10.6. The van der Waals surface area contributed by atoms with Gasteiger partial charge in [0.25, 0.3) is 0 Å². The molecule has 0 aromatic heterocycles. The first kappa shape index (κ1) is 13.7. The van der Waals surface area contributed by atoms with Gasteiger partial charge in [-0.05, 0) is 25.5 Å². The third kappa shape index (κ3) is 4.54. The fourth-order valence-corrected chi connectivity index (χ4v) is 1.42. The van der Waals surface area contributed by atoms with Gasteiger partial charge in [0.1, 0.15) is 0 Å². The van der Waals surface area contributed by atoms with Gasteiger partial charge in [0, 0.05) is 19.3 Å². The molecule has 0 spiro atoms. The Morgan fingerprint density at radius 1 is 1.41 bits per heavy atom. The molecule has 4 heteroatoms. The van der Waals surface area contributed by atoms with E-state index >= 15 is 0 Å². The molecule has 2 N–H and O–H groups in total. The Hall–Kier alpha value is -1.39. The van der Waals surface area contributed by atoms with E-state index in [4.69, 9.17) is 4.74 Å². The maximum Gasteiger partial charge on any atom is 0.241 e. The van der Waals surface area contributed by atoms with Crippen LogP contribution in [-0.4, -0.2) is 32.2 Å². The molecule has 0 saturated heterocycles. The summed E-state index contributed by atoms with van der Waals surface area (Å²) in [4.78, 5) is 11.8. The Kier molecular flexibility index (Phi) is 5.66. The van der Waals surface area contributed by atoms with Crippen LogP contribution in [0.4, 0.5) is 5.69 Å². The number of benzene rings is 1. The lowest BCUT2D eigenvalue weighted by atomic mass is 10.2. The number of hydrogen-bond donors (Lipinski definition) is 2. The summed E-state index contributed by atoms with van der Waals surface area (Å²) in [5, 5.41) is 5.98. The standard InChI is InChI=1S/C13H20N2O2/c1-10-6-4-5-7-12(10)15-13(16)11(2)14-8-9-17-3/h4-7,11,14H,8-9H2,1-3H3,(H,15,16). The van der Waals surface area contributed by atoms with Crippen LogP contribution in [-0.2, 0) is 9.53 Å². The van der Waals surface area contributed by atoms with Crippen molar-refractivity contribution in [3.63, 3.8) is 0 Å². The van der Waals surface area contributed by atoms with Crippen molar-refractivity contribution < 1.29 is 9.53 Å². The highest BCUT2D eigenvalue weighted by Gasteiger charge is 2.12. The normalized spacial score (nSPS) is 12.2. The van der Waals surface area contributed by atoms with Gasteiger partial charge in [-0.15, -0.1) is 0 Å². The minimum absolute atomic E-state index is 0.0320. The molecule has 0 heterocycles. The van der Waals surface area contributed by atoms with Crippen molar-refractivity contribution in [2.75, 3.05) is 25.6 Å². The van der Waals surface area contributed by atoms with Gasteiger partial charge in [-0.3, -0.25) is 4.79 Å². The van der Waals surface area contributed by atoms with Crippen LogP contribution in [0.3, 0.4) is 0 Å². The summed E-state index contributed by atoms with van der Waals surface area (Å²) >= 11 is 0. The van der Waals surface area contributed by atoms with Gasteiger partial charge in [0.15, 0.2) is 0 Å². The zero-order valence-electron chi connectivity index (χ0n) is 10.6. The first-order chi connectivity index (χ1) is 8.15. The molecule has 0 radical (unpaired) electrons. The molecule has 0 bridgehead atoms. The maximum absolute atomic E-state index is 11.8. The second kappa shape index (κ2) is 7.04. The molecule has 1 aromatic carbocycles. The van der Waals surface area contributed by atoms with E-state index in [-0.39, 0.29) is 11.9 Å². The Labute approximate surface area is 102 Å². The van der Waals surface area contributed by atoms with Crippen LogP contribution in [0.15, 0.2) is 24.3 Å². The van der Waals surface area contributed by atoms with Crippen LogP contribution in [0, 0.1) is 6.92 Å². The van der Waals surface area contributed by atoms with Gasteiger partial charge in [0.2, 0.25) is 5.91 Å². The van der Waals surface area contributed by atoms with Gasteiger partial charge in [-0.1, -0.05) is 18.2 Å². The molecule has 0 aliphatic carbocycles. The quantitative estimate of drug-likeness (QED) is 0.737. The third-order valence-electron chi connectivity index (χ3n) is 2.55. The monoisotopic (exact) mass is 236 g/mol. The van der Waals surface area contributed by atoms with Crippen LogP contribution in [0.25, 0.3) is 0 Å². The van der Waals surface area contributed by atoms with Crippen LogP contribution < -0.4 is 10.6 Å². The number of nitrogens with one attached hydrogen (secondary N) is 2. The number of hydrogen-bond acceptors (Lipinski definition) is 3. The van der Waals surface area contributed by atoms with Crippen molar-refractivity contribution in [2.45, 2.75) is 19.9 Å². The van der Waals surface area contributed by atoms with Crippen molar-refractivity contribution in [3.05, 3.63) is 29.8 Å². The van der Waals surface area contributed by atoms with Crippen molar-refractivity contribution in [3.8, 4) is 0 Å². The van der Waals surface area contributed by atoms with E-state index in [1.807, 2.05) is 38.1 Å². The minimum Gasteiger partial charge on any atom is -0.383 e. The van der Waals surface area contributed by atoms with Crippen LogP contribution in [0.1, 0.15) is 12.5 Å². The first-order valence-electron chi connectivity index (χ1n) is 5.74.